The molecule has 5 rings (SSSR count). The highest BCUT2D eigenvalue weighted by Gasteiger charge is 2.48. The first-order chi connectivity index (χ1) is 20.3. The monoisotopic (exact) mass is 574 g/mol. The maximum Gasteiger partial charge on any atom is 0.357 e. The number of aromatic nitrogens is 2. The number of para-hydroxylation sites is 1. The molecule has 2 aliphatic rings. The molecule has 1 aromatic carbocycles. The van der Waals surface area contributed by atoms with Crippen LogP contribution >= 0.6 is 0 Å². The summed E-state index contributed by atoms with van der Waals surface area (Å²) in [5.74, 6) is -2.01. The van der Waals surface area contributed by atoms with E-state index in [-0.39, 0.29) is 25.1 Å². The van der Waals surface area contributed by atoms with E-state index >= 15 is 0 Å². The Morgan fingerprint density at radius 1 is 1.17 bits per heavy atom. The Kier molecular flexibility index (Phi) is 8.89. The summed E-state index contributed by atoms with van der Waals surface area (Å²) in [5, 5.41) is 3.31. The SMILES string of the molecule is C=NCC1CCN(c2ccc(-c3cc(C(=O)OCC)nc(Nc4ccccc4)c3/C(=N\C)C3CC(F)(F)C3)cn2)CC1. The van der Waals surface area contributed by atoms with Crippen LogP contribution < -0.4 is 10.2 Å². The molecule has 42 heavy (non-hydrogen) atoms. The molecule has 1 saturated carbocycles. The molecule has 1 aliphatic carbocycles. The Hall–Kier alpha value is -4.21. The third-order valence-corrected chi connectivity index (χ3v) is 7.90. The van der Waals surface area contributed by atoms with Crippen LogP contribution in [0.25, 0.3) is 11.1 Å². The van der Waals surface area contributed by atoms with Crippen molar-refractivity contribution < 1.29 is 18.3 Å². The Balaban J connectivity index is 1.58. The summed E-state index contributed by atoms with van der Waals surface area (Å²) in [6.45, 7) is 8.08. The van der Waals surface area contributed by atoms with Crippen molar-refractivity contribution in [2.45, 2.75) is 38.5 Å². The summed E-state index contributed by atoms with van der Waals surface area (Å²) in [4.78, 5) is 33.1. The summed E-state index contributed by atoms with van der Waals surface area (Å²) in [6.07, 6.45) is 3.22. The lowest BCUT2D eigenvalue weighted by molar-refractivity contribution is -0.0908. The number of pyridine rings is 2. The van der Waals surface area contributed by atoms with E-state index in [0.29, 0.717) is 28.6 Å². The molecular formula is C32H36F2N6O2. The fraction of sp³-hybridized carbons (Fsp3) is 0.406. The lowest BCUT2D eigenvalue weighted by Gasteiger charge is -2.36. The van der Waals surface area contributed by atoms with Gasteiger partial charge < -0.3 is 19.9 Å². The molecule has 0 bridgehead atoms. The van der Waals surface area contributed by atoms with E-state index in [1.54, 1.807) is 26.2 Å². The van der Waals surface area contributed by atoms with Crippen LogP contribution in [0, 0.1) is 11.8 Å². The van der Waals surface area contributed by atoms with E-state index in [9.17, 15) is 13.6 Å². The number of esters is 1. The minimum atomic E-state index is -2.73. The molecule has 8 nitrogen and oxygen atoms in total. The second kappa shape index (κ2) is 12.8. The number of hydrogen-bond acceptors (Lipinski definition) is 8. The average Bonchev–Trinajstić information content (AvgIpc) is 2.98. The molecule has 2 fully saturated rings. The van der Waals surface area contributed by atoms with E-state index in [4.69, 9.17) is 9.72 Å². The van der Waals surface area contributed by atoms with Crippen LogP contribution in [0.4, 0.5) is 26.1 Å². The molecule has 0 atom stereocenters. The molecule has 0 amide bonds. The Morgan fingerprint density at radius 3 is 2.50 bits per heavy atom. The first kappa shape index (κ1) is 29.3. The van der Waals surface area contributed by atoms with Crippen LogP contribution in [0.1, 0.15) is 48.7 Å². The lowest BCUT2D eigenvalue weighted by atomic mass is 9.75. The first-order valence-electron chi connectivity index (χ1n) is 14.3. The molecule has 3 heterocycles. The van der Waals surface area contributed by atoms with Gasteiger partial charge in [-0.05, 0) is 68.3 Å². The van der Waals surface area contributed by atoms with Gasteiger partial charge in [-0.3, -0.25) is 4.99 Å². The van der Waals surface area contributed by atoms with Crippen LogP contribution in [0.5, 0.6) is 0 Å². The summed E-state index contributed by atoms with van der Waals surface area (Å²) in [5.41, 5.74) is 3.26. The highest BCUT2D eigenvalue weighted by molar-refractivity contribution is 6.12. The van der Waals surface area contributed by atoms with Gasteiger partial charge in [0, 0.05) is 74.2 Å². The fourth-order valence-electron chi connectivity index (χ4n) is 5.70. The zero-order valence-corrected chi connectivity index (χ0v) is 24.0. The maximum absolute atomic E-state index is 14.0. The molecule has 2 aromatic heterocycles. The molecule has 1 N–H and O–H groups in total. The number of alkyl halides is 2. The van der Waals surface area contributed by atoms with Gasteiger partial charge in [0.15, 0.2) is 5.69 Å². The number of anilines is 3. The van der Waals surface area contributed by atoms with Crippen molar-refractivity contribution in [3.8, 4) is 11.1 Å². The van der Waals surface area contributed by atoms with Crippen LogP contribution in [0.3, 0.4) is 0 Å². The highest BCUT2D eigenvalue weighted by Crippen LogP contribution is 2.46. The van der Waals surface area contributed by atoms with Crippen molar-refractivity contribution >= 4 is 35.7 Å². The third kappa shape index (κ3) is 6.48. The van der Waals surface area contributed by atoms with E-state index < -0.39 is 17.8 Å². The predicted molar refractivity (Wildman–Crippen MR) is 163 cm³/mol. The topological polar surface area (TPSA) is 92.1 Å². The van der Waals surface area contributed by atoms with Gasteiger partial charge in [-0.1, -0.05) is 18.2 Å². The first-order valence-corrected chi connectivity index (χ1v) is 14.3. The van der Waals surface area contributed by atoms with Crippen LogP contribution in [0.2, 0.25) is 0 Å². The largest absolute Gasteiger partial charge is 0.461 e. The molecule has 10 heteroatoms. The van der Waals surface area contributed by atoms with Gasteiger partial charge in [-0.2, -0.15) is 0 Å². The highest BCUT2D eigenvalue weighted by atomic mass is 19.3. The Morgan fingerprint density at radius 2 is 1.90 bits per heavy atom. The molecule has 0 radical (unpaired) electrons. The van der Waals surface area contributed by atoms with Gasteiger partial charge in [0.1, 0.15) is 11.6 Å². The van der Waals surface area contributed by atoms with E-state index in [1.807, 2.05) is 42.5 Å². The zero-order valence-electron chi connectivity index (χ0n) is 24.0. The molecule has 220 valence electrons. The number of nitrogens with one attached hydrogen (secondary N) is 1. The number of rotatable bonds is 10. The van der Waals surface area contributed by atoms with Gasteiger partial charge in [-0.15, -0.1) is 0 Å². The summed E-state index contributed by atoms with van der Waals surface area (Å²) in [6, 6.07) is 14.9. The molecule has 3 aromatic rings. The van der Waals surface area contributed by atoms with Gasteiger partial charge in [0.05, 0.1) is 6.61 Å². The van der Waals surface area contributed by atoms with Crippen molar-refractivity contribution in [1.29, 1.82) is 0 Å². The number of ether oxygens (including phenoxy) is 1. The van der Waals surface area contributed by atoms with Crippen molar-refractivity contribution in [3.63, 3.8) is 0 Å². The summed E-state index contributed by atoms with van der Waals surface area (Å²) < 4.78 is 33.4. The number of halogens is 2. The summed E-state index contributed by atoms with van der Waals surface area (Å²) in [7, 11) is 1.61. The van der Waals surface area contributed by atoms with Gasteiger partial charge in [0.2, 0.25) is 5.92 Å². The minimum absolute atomic E-state index is 0.102. The molecule has 0 unspecified atom stereocenters. The molecule has 0 spiro atoms. The zero-order chi connectivity index (χ0) is 29.7. The molecular weight excluding hydrogens is 538 g/mol. The van der Waals surface area contributed by atoms with Crippen molar-refractivity contribution in [1.82, 2.24) is 9.97 Å². The number of carbonyl (C=O) groups is 1. The maximum atomic E-state index is 14.0. The molecule has 1 aliphatic heterocycles. The lowest BCUT2D eigenvalue weighted by Crippen LogP contribution is -2.40. The third-order valence-electron chi connectivity index (χ3n) is 7.90. The Labute approximate surface area is 245 Å². The summed E-state index contributed by atoms with van der Waals surface area (Å²) >= 11 is 0. The van der Waals surface area contributed by atoms with Crippen molar-refractivity contribution in [3.05, 3.63) is 66.0 Å². The van der Waals surface area contributed by atoms with Crippen LogP contribution in [0.15, 0.2) is 64.7 Å². The van der Waals surface area contributed by atoms with Gasteiger partial charge >= 0.3 is 5.97 Å². The van der Waals surface area contributed by atoms with E-state index in [2.05, 4.69) is 31.9 Å². The number of aliphatic imine (C=N–C) groups is 2. The second-order valence-corrected chi connectivity index (χ2v) is 10.8. The number of piperidine rings is 1. The standard InChI is InChI=1S/C32H36F2N6O2/c1-4-42-31(41)26-16-25(22-10-11-27(37-20-22)40-14-12-21(13-15-40)19-35-2)28(29(36-3)23-17-32(33,34)18-23)30(39-26)38-24-8-6-5-7-9-24/h5-11,16,20-21,23H,2,4,12-15,17-19H2,1,3H3,(H,38,39)/b36-29-. The van der Waals surface area contributed by atoms with Crippen molar-refractivity contribution in [2.75, 3.05) is 43.5 Å². The smallest absolute Gasteiger partial charge is 0.357 e. The van der Waals surface area contributed by atoms with Crippen LogP contribution in [-0.2, 0) is 4.74 Å². The number of nitrogens with zero attached hydrogens (tertiary/aromatic N) is 5. The van der Waals surface area contributed by atoms with Gasteiger partial charge in [0.25, 0.3) is 0 Å². The number of carbonyl (C=O) groups excluding carboxylic acids is 1. The van der Waals surface area contributed by atoms with Crippen LogP contribution in [-0.4, -0.2) is 67.6 Å². The normalized spacial score (nSPS) is 17.4. The van der Waals surface area contributed by atoms with E-state index in [0.717, 1.165) is 49.5 Å². The minimum Gasteiger partial charge on any atom is -0.461 e. The van der Waals surface area contributed by atoms with Crippen molar-refractivity contribution in [2.24, 2.45) is 21.8 Å². The van der Waals surface area contributed by atoms with Gasteiger partial charge in [-0.25, -0.2) is 23.5 Å². The molecule has 1 saturated heterocycles. The average molecular weight is 575 g/mol. The van der Waals surface area contributed by atoms with E-state index in [1.165, 1.54) is 0 Å². The predicted octanol–water partition coefficient (Wildman–Crippen LogP) is 6.45. The quantitative estimate of drug-likeness (QED) is 0.221. The fourth-order valence-corrected chi connectivity index (χ4v) is 5.70. The number of benzene rings is 1. The Bertz CT molecular complexity index is 1430. The second-order valence-electron chi connectivity index (χ2n) is 10.8. The number of hydrogen-bond donors (Lipinski definition) is 1.